The van der Waals surface area contributed by atoms with Crippen molar-refractivity contribution in [1.29, 1.82) is 0 Å². The van der Waals surface area contributed by atoms with Gasteiger partial charge in [-0.3, -0.25) is 4.79 Å². The van der Waals surface area contributed by atoms with Crippen LogP contribution in [0.25, 0.3) is 0 Å². The maximum Gasteiger partial charge on any atom is 0.336 e. The van der Waals surface area contributed by atoms with E-state index in [2.05, 4.69) is 5.32 Å². The van der Waals surface area contributed by atoms with Gasteiger partial charge >= 0.3 is 5.97 Å². The Hall–Kier alpha value is -2.99. The third-order valence-electron chi connectivity index (χ3n) is 5.86. The molecule has 0 saturated heterocycles. The van der Waals surface area contributed by atoms with Crippen molar-refractivity contribution in [2.75, 3.05) is 7.11 Å². The number of rotatable bonds is 3. The average molecular weight is 444 g/mol. The summed E-state index contributed by atoms with van der Waals surface area (Å²) in [5, 5.41) is 3.29. The van der Waals surface area contributed by atoms with Crippen LogP contribution in [-0.4, -0.2) is 18.9 Å². The third kappa shape index (κ3) is 3.76. The molecule has 0 unspecified atom stereocenters. The molecule has 0 spiro atoms. The number of benzene rings is 2. The van der Waals surface area contributed by atoms with E-state index >= 15 is 0 Å². The highest BCUT2D eigenvalue weighted by Gasteiger charge is 2.43. The van der Waals surface area contributed by atoms with Gasteiger partial charge in [0.15, 0.2) is 5.78 Å². The molecule has 0 saturated carbocycles. The van der Waals surface area contributed by atoms with Crippen LogP contribution in [0.4, 0.5) is 8.78 Å². The molecule has 1 aliphatic carbocycles. The first-order valence-corrected chi connectivity index (χ1v) is 10.2. The molecule has 31 heavy (non-hydrogen) atoms. The minimum absolute atomic E-state index is 0.0755. The Kier molecular flexibility index (Phi) is 5.67. The second-order valence-electron chi connectivity index (χ2n) is 7.70. The maximum atomic E-state index is 14.9. The van der Waals surface area contributed by atoms with Crippen LogP contribution >= 0.6 is 11.6 Å². The predicted molar refractivity (Wildman–Crippen MR) is 112 cm³/mol. The summed E-state index contributed by atoms with van der Waals surface area (Å²) in [6.45, 7) is 1.68. The molecule has 1 aliphatic heterocycles. The highest BCUT2D eigenvalue weighted by Crippen LogP contribution is 2.47. The Bertz CT molecular complexity index is 1120. The average Bonchev–Trinajstić information content (AvgIpc) is 2.73. The van der Waals surface area contributed by atoms with Gasteiger partial charge in [-0.1, -0.05) is 29.8 Å². The van der Waals surface area contributed by atoms with Crippen molar-refractivity contribution < 1.29 is 23.1 Å². The highest BCUT2D eigenvalue weighted by atomic mass is 35.5. The van der Waals surface area contributed by atoms with E-state index in [1.165, 1.54) is 37.4 Å². The van der Waals surface area contributed by atoms with E-state index in [1.807, 2.05) is 0 Å². The van der Waals surface area contributed by atoms with Crippen molar-refractivity contribution in [2.45, 2.75) is 31.6 Å². The van der Waals surface area contributed by atoms with Crippen LogP contribution in [0, 0.1) is 11.6 Å². The molecule has 0 fully saturated rings. The SMILES string of the molecule is COC(=O)C1=C(C)NC2=C(C(=O)C[C@H](c3ccc(F)cc3)C2)[C@@H]1c1c(F)cccc1Cl. The van der Waals surface area contributed by atoms with Gasteiger partial charge in [0.2, 0.25) is 0 Å². The normalized spacial score (nSPS) is 21.0. The fourth-order valence-electron chi connectivity index (χ4n) is 4.47. The Balaban J connectivity index is 1.85. The van der Waals surface area contributed by atoms with Crippen LogP contribution < -0.4 is 5.32 Å². The number of hydrogen-bond acceptors (Lipinski definition) is 4. The smallest absolute Gasteiger partial charge is 0.336 e. The topological polar surface area (TPSA) is 55.4 Å². The summed E-state index contributed by atoms with van der Waals surface area (Å²) in [5.41, 5.74) is 2.47. The summed E-state index contributed by atoms with van der Waals surface area (Å²) in [6, 6.07) is 10.3. The fourth-order valence-corrected chi connectivity index (χ4v) is 4.74. The lowest BCUT2D eigenvalue weighted by molar-refractivity contribution is -0.136. The molecule has 2 aliphatic rings. The molecule has 0 amide bonds. The van der Waals surface area contributed by atoms with Crippen LogP contribution in [0.15, 0.2) is 65.0 Å². The first kappa shape index (κ1) is 21.2. The molecule has 1 heterocycles. The lowest BCUT2D eigenvalue weighted by atomic mass is 9.71. The van der Waals surface area contributed by atoms with Gasteiger partial charge in [0.05, 0.1) is 18.6 Å². The van der Waals surface area contributed by atoms with E-state index in [-0.39, 0.29) is 40.1 Å². The molecule has 4 nitrogen and oxygen atoms in total. The third-order valence-corrected chi connectivity index (χ3v) is 6.19. The zero-order valence-corrected chi connectivity index (χ0v) is 17.7. The van der Waals surface area contributed by atoms with Gasteiger partial charge in [0.1, 0.15) is 11.6 Å². The lowest BCUT2D eigenvalue weighted by Gasteiger charge is -2.37. The van der Waals surface area contributed by atoms with E-state index in [9.17, 15) is 18.4 Å². The number of carbonyl (C=O) groups is 2. The standard InChI is InChI=1S/C24H20ClF2NO3/c1-12-20(24(30)31-2)23(21-16(25)4-3-5-17(21)27)22-18(28-12)10-14(11-19(22)29)13-6-8-15(26)9-7-13/h3-9,14,23,28H,10-11H2,1-2H3/t14-,23+/m1/s1. The molecule has 4 rings (SSSR count). The lowest BCUT2D eigenvalue weighted by Crippen LogP contribution is -2.36. The number of dihydropyridines is 1. The molecule has 2 aromatic carbocycles. The highest BCUT2D eigenvalue weighted by molar-refractivity contribution is 6.31. The van der Waals surface area contributed by atoms with Crippen molar-refractivity contribution in [2.24, 2.45) is 0 Å². The molecule has 2 atom stereocenters. The van der Waals surface area contributed by atoms with E-state index in [0.29, 0.717) is 23.4 Å². The van der Waals surface area contributed by atoms with Gasteiger partial charge < -0.3 is 10.1 Å². The summed E-state index contributed by atoms with van der Waals surface area (Å²) < 4.78 is 33.2. The number of esters is 1. The minimum atomic E-state index is -0.973. The van der Waals surface area contributed by atoms with Gasteiger partial charge in [-0.15, -0.1) is 0 Å². The summed E-state index contributed by atoms with van der Waals surface area (Å²) in [7, 11) is 1.24. The second kappa shape index (κ2) is 8.27. The molecule has 0 aromatic heterocycles. The number of halogens is 3. The summed E-state index contributed by atoms with van der Waals surface area (Å²) in [4.78, 5) is 26.0. The first-order valence-electron chi connectivity index (χ1n) is 9.83. The molecule has 7 heteroatoms. The van der Waals surface area contributed by atoms with Crippen LogP contribution in [0.1, 0.15) is 42.7 Å². The molecule has 2 aromatic rings. The van der Waals surface area contributed by atoms with Crippen molar-refractivity contribution in [3.63, 3.8) is 0 Å². The van der Waals surface area contributed by atoms with Gasteiger partial charge in [0, 0.05) is 34.0 Å². The van der Waals surface area contributed by atoms with Crippen molar-refractivity contribution in [3.05, 3.63) is 92.8 Å². The van der Waals surface area contributed by atoms with Gasteiger partial charge in [0.25, 0.3) is 0 Å². The largest absolute Gasteiger partial charge is 0.466 e. The van der Waals surface area contributed by atoms with E-state index in [0.717, 1.165) is 5.56 Å². The number of hydrogen-bond donors (Lipinski definition) is 1. The van der Waals surface area contributed by atoms with Crippen LogP contribution in [0.3, 0.4) is 0 Å². The Morgan fingerprint density at radius 1 is 1.13 bits per heavy atom. The number of ether oxygens (including phenoxy) is 1. The monoisotopic (exact) mass is 443 g/mol. The number of allylic oxidation sites excluding steroid dienone is 3. The Morgan fingerprint density at radius 2 is 1.84 bits per heavy atom. The van der Waals surface area contributed by atoms with E-state index in [1.54, 1.807) is 19.1 Å². The van der Waals surface area contributed by atoms with Crippen LogP contribution in [0.2, 0.25) is 5.02 Å². The van der Waals surface area contributed by atoms with E-state index < -0.39 is 17.7 Å². The number of ketones is 1. The maximum absolute atomic E-state index is 14.9. The van der Waals surface area contributed by atoms with Crippen molar-refractivity contribution in [3.8, 4) is 0 Å². The molecule has 0 bridgehead atoms. The Morgan fingerprint density at radius 3 is 2.48 bits per heavy atom. The molecular formula is C24H20ClF2NO3. The minimum Gasteiger partial charge on any atom is -0.466 e. The molecule has 160 valence electrons. The first-order chi connectivity index (χ1) is 14.8. The summed E-state index contributed by atoms with van der Waals surface area (Å²) >= 11 is 6.34. The number of Topliss-reactive ketones (excluding diaryl/α,β-unsaturated/α-hetero) is 1. The van der Waals surface area contributed by atoms with Gasteiger partial charge in [-0.25, -0.2) is 13.6 Å². The van der Waals surface area contributed by atoms with E-state index in [4.69, 9.17) is 16.3 Å². The van der Waals surface area contributed by atoms with Crippen LogP contribution in [-0.2, 0) is 14.3 Å². The number of carbonyl (C=O) groups excluding carboxylic acids is 2. The summed E-state index contributed by atoms with van der Waals surface area (Å²) in [5.74, 6) is -2.97. The Labute approximate surface area is 183 Å². The molecule has 1 N–H and O–H groups in total. The zero-order valence-electron chi connectivity index (χ0n) is 17.0. The number of nitrogens with one attached hydrogen (secondary N) is 1. The molecule has 0 radical (unpaired) electrons. The predicted octanol–water partition coefficient (Wildman–Crippen LogP) is 5.15. The van der Waals surface area contributed by atoms with Gasteiger partial charge in [-0.05, 0) is 49.1 Å². The fraction of sp³-hybridized carbons (Fsp3) is 0.250. The van der Waals surface area contributed by atoms with Crippen molar-refractivity contribution in [1.82, 2.24) is 5.32 Å². The van der Waals surface area contributed by atoms with Crippen LogP contribution in [0.5, 0.6) is 0 Å². The molecular weight excluding hydrogens is 424 g/mol. The van der Waals surface area contributed by atoms with Crippen molar-refractivity contribution >= 4 is 23.4 Å². The summed E-state index contributed by atoms with van der Waals surface area (Å²) in [6.07, 6.45) is 0.614. The quantitative estimate of drug-likeness (QED) is 0.666. The second-order valence-corrected chi connectivity index (χ2v) is 8.10. The zero-order chi connectivity index (χ0) is 22.3. The number of methoxy groups -OCH3 is 1. The van der Waals surface area contributed by atoms with Gasteiger partial charge in [-0.2, -0.15) is 0 Å².